The van der Waals surface area contributed by atoms with Crippen molar-refractivity contribution in [2.75, 3.05) is 64.7 Å². The van der Waals surface area contributed by atoms with E-state index in [2.05, 4.69) is 40.4 Å². The molecule has 39 heavy (non-hydrogen) atoms. The van der Waals surface area contributed by atoms with Gasteiger partial charge >= 0.3 is 0 Å². The van der Waals surface area contributed by atoms with Crippen LogP contribution in [0.3, 0.4) is 0 Å². The van der Waals surface area contributed by atoms with Crippen molar-refractivity contribution in [3.05, 3.63) is 70.5 Å². The molecule has 2 saturated heterocycles. The standard InChI is InChI=1S/C31H33N5O3/c1-33-16-18-35(19-17-33)31(38)24-20-36-27-22-7-3-2-6-21(22)8-11-26(27)39-30-25(10-9-23(28(30)36)29(24)37)32-12-15-34-13-4-5-14-34/h2-3,6-11,20,32H,4-5,12-19H2,1H3. The Morgan fingerprint density at radius 3 is 2.54 bits per heavy atom. The van der Waals surface area contributed by atoms with Gasteiger partial charge in [0.25, 0.3) is 5.91 Å². The van der Waals surface area contributed by atoms with Crippen molar-refractivity contribution in [1.82, 2.24) is 19.3 Å². The van der Waals surface area contributed by atoms with Crippen molar-refractivity contribution in [2.24, 2.45) is 0 Å². The Hall–Kier alpha value is -3.88. The van der Waals surface area contributed by atoms with Crippen molar-refractivity contribution >= 4 is 33.3 Å². The lowest BCUT2D eigenvalue weighted by Crippen LogP contribution is -2.48. The van der Waals surface area contributed by atoms with E-state index in [4.69, 9.17) is 4.74 Å². The minimum absolute atomic E-state index is 0.202. The van der Waals surface area contributed by atoms with Crippen molar-refractivity contribution in [3.63, 3.8) is 0 Å². The molecule has 0 atom stereocenters. The number of piperazine rings is 1. The predicted molar refractivity (Wildman–Crippen MR) is 155 cm³/mol. The Kier molecular flexibility index (Phi) is 6.01. The first-order chi connectivity index (χ1) is 19.1. The number of aromatic nitrogens is 1. The first kappa shape index (κ1) is 24.2. The highest BCUT2D eigenvalue weighted by Gasteiger charge is 2.29. The van der Waals surface area contributed by atoms with E-state index >= 15 is 0 Å². The molecule has 3 aliphatic rings. The van der Waals surface area contributed by atoms with Crippen molar-refractivity contribution in [2.45, 2.75) is 12.8 Å². The molecule has 0 spiro atoms. The zero-order valence-electron chi connectivity index (χ0n) is 22.3. The molecule has 0 aliphatic carbocycles. The Morgan fingerprint density at radius 2 is 1.72 bits per heavy atom. The van der Waals surface area contributed by atoms with Gasteiger partial charge in [-0.3, -0.25) is 9.59 Å². The van der Waals surface area contributed by atoms with Crippen molar-refractivity contribution in [1.29, 1.82) is 0 Å². The first-order valence-electron chi connectivity index (χ1n) is 13.9. The number of ether oxygens (including phenoxy) is 1. The monoisotopic (exact) mass is 523 g/mol. The molecule has 2 fully saturated rings. The van der Waals surface area contributed by atoms with Gasteiger partial charge < -0.3 is 29.3 Å². The van der Waals surface area contributed by atoms with Crippen LogP contribution in [-0.4, -0.2) is 84.6 Å². The van der Waals surface area contributed by atoms with Crippen LogP contribution in [-0.2, 0) is 0 Å². The topological polar surface area (TPSA) is 70.0 Å². The summed E-state index contributed by atoms with van der Waals surface area (Å²) in [6, 6.07) is 15.9. The molecule has 1 N–H and O–H groups in total. The first-order valence-corrected chi connectivity index (χ1v) is 13.9. The van der Waals surface area contributed by atoms with Crippen molar-refractivity contribution < 1.29 is 9.53 Å². The smallest absolute Gasteiger partial charge is 0.259 e. The number of likely N-dealkylation sites (N-methyl/N-ethyl adjacent to an activating group) is 1. The summed E-state index contributed by atoms with van der Waals surface area (Å²) in [6.45, 7) is 6.86. The molecule has 8 nitrogen and oxygen atoms in total. The lowest BCUT2D eigenvalue weighted by molar-refractivity contribution is 0.0662. The summed E-state index contributed by atoms with van der Waals surface area (Å²) in [5, 5.41) is 6.14. The number of rotatable bonds is 5. The summed E-state index contributed by atoms with van der Waals surface area (Å²) >= 11 is 0. The maximum Gasteiger partial charge on any atom is 0.259 e. The molecule has 0 unspecified atom stereocenters. The van der Waals surface area contributed by atoms with Gasteiger partial charge in [0.15, 0.2) is 11.5 Å². The molecule has 4 aromatic rings. The lowest BCUT2D eigenvalue weighted by atomic mass is 10.0. The predicted octanol–water partition coefficient (Wildman–Crippen LogP) is 4.14. The van der Waals surface area contributed by atoms with Crippen LogP contribution in [0.5, 0.6) is 11.5 Å². The normalized spacial score (nSPS) is 17.4. The van der Waals surface area contributed by atoms with E-state index in [-0.39, 0.29) is 16.9 Å². The average molecular weight is 524 g/mol. The molecule has 200 valence electrons. The Morgan fingerprint density at radius 1 is 0.923 bits per heavy atom. The SMILES string of the molecule is CN1CCN(C(=O)c2cn3c4c(c(NCCN5CCCC5)ccc4c2=O)Oc2ccc4ccccc4c2-3)CC1. The van der Waals surface area contributed by atoms with Gasteiger partial charge in [0.05, 0.1) is 16.8 Å². The molecule has 3 aromatic carbocycles. The average Bonchev–Trinajstić information content (AvgIpc) is 3.48. The number of hydrogen-bond acceptors (Lipinski definition) is 6. The van der Waals surface area contributed by atoms with Gasteiger partial charge in [0, 0.05) is 50.9 Å². The quantitative estimate of drug-likeness (QED) is 0.373. The number of anilines is 1. The largest absolute Gasteiger partial charge is 0.451 e. The minimum Gasteiger partial charge on any atom is -0.451 e. The third-order valence-electron chi connectivity index (χ3n) is 8.40. The van der Waals surface area contributed by atoms with Gasteiger partial charge in [-0.25, -0.2) is 0 Å². The van der Waals surface area contributed by atoms with Gasteiger partial charge in [-0.2, -0.15) is 0 Å². The minimum atomic E-state index is -0.248. The van der Waals surface area contributed by atoms with Gasteiger partial charge in [0.2, 0.25) is 5.43 Å². The van der Waals surface area contributed by atoms with E-state index in [1.807, 2.05) is 34.9 Å². The number of nitrogens with zero attached hydrogens (tertiary/aromatic N) is 4. The van der Waals surface area contributed by atoms with E-state index in [0.29, 0.717) is 35.5 Å². The molecule has 1 amide bonds. The van der Waals surface area contributed by atoms with Gasteiger partial charge in [-0.1, -0.05) is 30.3 Å². The maximum atomic E-state index is 13.8. The number of pyridine rings is 1. The van der Waals surface area contributed by atoms with Gasteiger partial charge in [-0.15, -0.1) is 0 Å². The zero-order chi connectivity index (χ0) is 26.5. The highest BCUT2D eigenvalue weighted by molar-refractivity contribution is 6.03. The van der Waals surface area contributed by atoms with E-state index < -0.39 is 0 Å². The molecule has 0 bridgehead atoms. The summed E-state index contributed by atoms with van der Waals surface area (Å²) < 4.78 is 8.57. The molecule has 7 rings (SSSR count). The second-order valence-electron chi connectivity index (χ2n) is 10.9. The molecular weight excluding hydrogens is 490 g/mol. The molecular formula is C31H33N5O3. The van der Waals surface area contributed by atoms with Gasteiger partial charge in [-0.05, 0) is 56.6 Å². The highest BCUT2D eigenvalue weighted by Crippen LogP contribution is 2.46. The van der Waals surface area contributed by atoms with E-state index in [9.17, 15) is 9.59 Å². The van der Waals surface area contributed by atoms with Gasteiger partial charge in [0.1, 0.15) is 11.1 Å². The summed E-state index contributed by atoms with van der Waals surface area (Å²) in [5.74, 6) is 1.13. The fourth-order valence-electron chi connectivity index (χ4n) is 6.17. The fraction of sp³-hybridized carbons (Fsp3) is 0.355. The number of likely N-dealkylation sites (tertiary alicyclic amines) is 1. The molecule has 0 radical (unpaired) electrons. The van der Waals surface area contributed by atoms with Crippen molar-refractivity contribution in [3.8, 4) is 17.2 Å². The Balaban J connectivity index is 1.38. The molecule has 8 heteroatoms. The number of amides is 1. The molecule has 1 aromatic heterocycles. The van der Waals surface area contributed by atoms with Crippen LogP contribution in [0.2, 0.25) is 0 Å². The van der Waals surface area contributed by atoms with Crippen LogP contribution in [0.1, 0.15) is 23.2 Å². The Labute approximate surface area is 227 Å². The van der Waals surface area contributed by atoms with Crippen LogP contribution in [0.25, 0.3) is 27.4 Å². The number of carbonyl (C=O) groups excluding carboxylic acids is 1. The number of hydrogen-bond donors (Lipinski definition) is 1. The molecule has 0 saturated carbocycles. The van der Waals surface area contributed by atoms with E-state index in [0.717, 1.165) is 61.4 Å². The third kappa shape index (κ3) is 4.15. The molecule has 4 heterocycles. The lowest BCUT2D eigenvalue weighted by Gasteiger charge is -2.33. The highest BCUT2D eigenvalue weighted by atomic mass is 16.5. The second-order valence-corrected chi connectivity index (χ2v) is 10.9. The third-order valence-corrected chi connectivity index (χ3v) is 8.40. The number of fused-ring (bicyclic) bond motifs is 4. The van der Waals surface area contributed by atoms with Crippen LogP contribution in [0, 0.1) is 0 Å². The van der Waals surface area contributed by atoms with Crippen LogP contribution in [0.15, 0.2) is 59.5 Å². The summed E-state index contributed by atoms with van der Waals surface area (Å²) in [5.41, 5.74) is 2.36. The number of nitrogens with one attached hydrogen (secondary N) is 1. The summed E-state index contributed by atoms with van der Waals surface area (Å²) in [4.78, 5) is 34.0. The summed E-state index contributed by atoms with van der Waals surface area (Å²) in [7, 11) is 2.05. The van der Waals surface area contributed by atoms with Crippen LogP contribution >= 0.6 is 0 Å². The van der Waals surface area contributed by atoms with Crippen LogP contribution < -0.4 is 15.5 Å². The molecule has 3 aliphatic heterocycles. The van der Waals surface area contributed by atoms with E-state index in [1.54, 1.807) is 11.1 Å². The fourth-order valence-corrected chi connectivity index (χ4v) is 6.17. The second kappa shape index (κ2) is 9.70. The van der Waals surface area contributed by atoms with E-state index in [1.165, 1.54) is 12.8 Å². The summed E-state index contributed by atoms with van der Waals surface area (Å²) in [6.07, 6.45) is 4.27. The van der Waals surface area contributed by atoms with Crippen LogP contribution in [0.4, 0.5) is 5.69 Å². The Bertz CT molecular complexity index is 1650. The maximum absolute atomic E-state index is 13.8. The number of carbonyl (C=O) groups is 1. The number of benzene rings is 3. The zero-order valence-corrected chi connectivity index (χ0v) is 22.3.